The minimum absolute atomic E-state index is 0.278. The van der Waals surface area contributed by atoms with Gasteiger partial charge in [-0.2, -0.15) is 0 Å². The van der Waals surface area contributed by atoms with E-state index >= 15 is 0 Å². The van der Waals surface area contributed by atoms with Crippen LogP contribution in [0.3, 0.4) is 0 Å². The average Bonchev–Trinajstić information content (AvgIpc) is 2.50. The van der Waals surface area contributed by atoms with Gasteiger partial charge >= 0.3 is 5.97 Å². The Morgan fingerprint density at radius 3 is 2.65 bits per heavy atom. The first-order chi connectivity index (χ1) is 7.80. The molecule has 3 N–H and O–H groups in total. The molecule has 0 amide bonds. The number of aromatic carboxylic acids is 1. The Morgan fingerprint density at radius 2 is 2.12 bits per heavy atom. The molecule has 1 aromatic heterocycles. The monoisotopic (exact) mass is 253 g/mol. The molecule has 3 nitrogen and oxygen atoms in total. The molecule has 1 heterocycles. The molecule has 17 heavy (non-hydrogen) atoms. The van der Waals surface area contributed by atoms with Gasteiger partial charge in [0.1, 0.15) is 5.00 Å². The molecule has 94 valence electrons. The van der Waals surface area contributed by atoms with Crippen molar-refractivity contribution in [1.82, 2.24) is 0 Å². The first-order valence-corrected chi connectivity index (χ1v) is 6.75. The van der Waals surface area contributed by atoms with Crippen LogP contribution in [-0.4, -0.2) is 11.1 Å². The van der Waals surface area contributed by atoms with Crippen molar-refractivity contribution < 1.29 is 9.90 Å². The van der Waals surface area contributed by atoms with Crippen LogP contribution in [0.15, 0.2) is 0 Å². The highest BCUT2D eigenvalue weighted by molar-refractivity contribution is 7.16. The van der Waals surface area contributed by atoms with Crippen LogP contribution in [0.25, 0.3) is 0 Å². The molecule has 1 aliphatic carbocycles. The summed E-state index contributed by atoms with van der Waals surface area (Å²) in [6.45, 7) is 6.74. The predicted octanol–water partition coefficient (Wildman–Crippen LogP) is 3.18. The quantitative estimate of drug-likeness (QED) is 0.808. The van der Waals surface area contributed by atoms with Crippen LogP contribution < -0.4 is 5.73 Å². The number of nitrogen functional groups attached to an aromatic ring is 1. The van der Waals surface area contributed by atoms with Gasteiger partial charge in [0.25, 0.3) is 0 Å². The summed E-state index contributed by atoms with van der Waals surface area (Å²) in [5, 5.41) is 9.63. The molecule has 0 bridgehead atoms. The van der Waals surface area contributed by atoms with Crippen molar-refractivity contribution in [2.24, 2.45) is 11.3 Å². The molecular formula is C13H19NO2S. The van der Waals surface area contributed by atoms with E-state index in [9.17, 15) is 4.79 Å². The van der Waals surface area contributed by atoms with E-state index in [1.807, 2.05) is 0 Å². The van der Waals surface area contributed by atoms with Gasteiger partial charge in [-0.3, -0.25) is 0 Å². The zero-order valence-electron chi connectivity index (χ0n) is 10.5. The minimum atomic E-state index is -0.880. The molecule has 1 atom stereocenters. The Labute approximate surface area is 106 Å². The summed E-state index contributed by atoms with van der Waals surface area (Å²) in [5.41, 5.74) is 7.44. The summed E-state index contributed by atoms with van der Waals surface area (Å²) >= 11 is 1.46. The maximum atomic E-state index is 11.2. The smallest absolute Gasteiger partial charge is 0.338 e. The lowest BCUT2D eigenvalue weighted by atomic mass is 9.72. The molecular weight excluding hydrogens is 234 g/mol. The lowest BCUT2D eigenvalue weighted by Crippen LogP contribution is -2.26. The Hall–Kier alpha value is -1.03. The summed E-state index contributed by atoms with van der Waals surface area (Å²) in [5.74, 6) is -0.260. The van der Waals surface area contributed by atoms with Gasteiger partial charge in [0.2, 0.25) is 0 Å². The van der Waals surface area contributed by atoms with E-state index in [1.54, 1.807) is 0 Å². The third-order valence-corrected chi connectivity index (χ3v) is 4.81. The van der Waals surface area contributed by atoms with Crippen molar-refractivity contribution in [1.29, 1.82) is 0 Å². The number of thiophene rings is 1. The maximum absolute atomic E-state index is 11.2. The summed E-state index contributed by atoms with van der Waals surface area (Å²) in [6, 6.07) is 0. The number of carboxylic acids is 1. The van der Waals surface area contributed by atoms with Gasteiger partial charge in [-0.05, 0) is 36.2 Å². The van der Waals surface area contributed by atoms with E-state index in [2.05, 4.69) is 20.8 Å². The molecule has 0 spiro atoms. The molecule has 0 unspecified atom stereocenters. The lowest BCUT2D eigenvalue weighted by molar-refractivity contribution is 0.0696. The number of carbonyl (C=O) groups is 1. The number of fused-ring (bicyclic) bond motifs is 1. The Bertz CT molecular complexity index is 457. The van der Waals surface area contributed by atoms with Crippen molar-refractivity contribution in [2.75, 3.05) is 5.73 Å². The van der Waals surface area contributed by atoms with Gasteiger partial charge in [0.15, 0.2) is 0 Å². The van der Waals surface area contributed by atoms with Crippen LogP contribution in [0.5, 0.6) is 0 Å². The predicted molar refractivity (Wildman–Crippen MR) is 70.7 cm³/mol. The van der Waals surface area contributed by atoms with Crippen LogP contribution in [0.2, 0.25) is 0 Å². The Kier molecular flexibility index (Phi) is 2.94. The lowest BCUT2D eigenvalue weighted by Gasteiger charge is -2.33. The molecule has 1 aromatic rings. The first-order valence-electron chi connectivity index (χ1n) is 5.94. The summed E-state index contributed by atoms with van der Waals surface area (Å²) in [6.07, 6.45) is 2.89. The third kappa shape index (κ3) is 2.18. The fraction of sp³-hybridized carbons (Fsp3) is 0.615. The second kappa shape index (κ2) is 4.02. The first kappa shape index (κ1) is 12.4. The van der Waals surface area contributed by atoms with Gasteiger partial charge in [-0.15, -0.1) is 11.3 Å². The van der Waals surface area contributed by atoms with Crippen molar-refractivity contribution in [3.05, 3.63) is 16.0 Å². The van der Waals surface area contributed by atoms with Crippen LogP contribution >= 0.6 is 11.3 Å². The molecule has 0 aliphatic heterocycles. The van der Waals surface area contributed by atoms with E-state index in [4.69, 9.17) is 10.8 Å². The molecule has 0 saturated heterocycles. The zero-order valence-corrected chi connectivity index (χ0v) is 11.4. The zero-order chi connectivity index (χ0) is 12.8. The van der Waals surface area contributed by atoms with Crippen molar-refractivity contribution >= 4 is 22.3 Å². The van der Waals surface area contributed by atoms with Crippen LogP contribution in [0, 0.1) is 11.3 Å². The molecule has 2 rings (SSSR count). The van der Waals surface area contributed by atoms with Gasteiger partial charge in [0.05, 0.1) is 5.56 Å². The molecule has 0 saturated carbocycles. The average molecular weight is 253 g/mol. The van der Waals surface area contributed by atoms with Gasteiger partial charge in [-0.1, -0.05) is 20.8 Å². The maximum Gasteiger partial charge on any atom is 0.338 e. The fourth-order valence-corrected chi connectivity index (χ4v) is 3.77. The van der Waals surface area contributed by atoms with Crippen molar-refractivity contribution in [2.45, 2.75) is 40.0 Å². The van der Waals surface area contributed by atoms with E-state index < -0.39 is 5.97 Å². The second-order valence-electron chi connectivity index (χ2n) is 5.85. The molecule has 1 aliphatic rings. The Morgan fingerprint density at radius 1 is 1.47 bits per heavy atom. The highest BCUT2D eigenvalue weighted by Gasteiger charge is 2.32. The Balaban J connectivity index is 2.35. The second-order valence-corrected chi connectivity index (χ2v) is 6.99. The van der Waals surface area contributed by atoms with Crippen LogP contribution in [0.1, 0.15) is 48.0 Å². The largest absolute Gasteiger partial charge is 0.478 e. The number of nitrogens with two attached hydrogens (primary N) is 1. The van der Waals surface area contributed by atoms with E-state index in [1.165, 1.54) is 16.2 Å². The fourth-order valence-electron chi connectivity index (χ4n) is 2.58. The highest BCUT2D eigenvalue weighted by Crippen LogP contribution is 2.43. The van der Waals surface area contributed by atoms with E-state index in [-0.39, 0.29) is 5.41 Å². The van der Waals surface area contributed by atoms with Crippen molar-refractivity contribution in [3.8, 4) is 0 Å². The summed E-state index contributed by atoms with van der Waals surface area (Å²) in [4.78, 5) is 12.3. The van der Waals surface area contributed by atoms with E-state index in [0.29, 0.717) is 16.5 Å². The topological polar surface area (TPSA) is 63.3 Å². The van der Waals surface area contributed by atoms with E-state index in [0.717, 1.165) is 24.8 Å². The standard InChI is InChI=1S/C13H19NO2S/c1-13(2,3)7-4-5-8-9(6-7)17-11(14)10(8)12(15)16/h7H,4-6,14H2,1-3H3,(H,15,16)/t7-/m1/s1. The number of hydrogen-bond donors (Lipinski definition) is 2. The summed E-state index contributed by atoms with van der Waals surface area (Å²) < 4.78 is 0. The minimum Gasteiger partial charge on any atom is -0.478 e. The molecule has 0 aromatic carbocycles. The summed E-state index contributed by atoms with van der Waals surface area (Å²) in [7, 11) is 0. The normalized spacial score (nSPS) is 20.1. The number of anilines is 1. The highest BCUT2D eigenvalue weighted by atomic mass is 32.1. The van der Waals surface area contributed by atoms with Gasteiger partial charge in [0, 0.05) is 4.88 Å². The number of rotatable bonds is 1. The third-order valence-electron chi connectivity index (χ3n) is 3.73. The number of hydrogen-bond acceptors (Lipinski definition) is 3. The molecule has 0 radical (unpaired) electrons. The number of carboxylic acid groups (broad SMARTS) is 1. The van der Waals surface area contributed by atoms with Gasteiger partial charge < -0.3 is 10.8 Å². The molecule has 0 fully saturated rings. The van der Waals surface area contributed by atoms with Crippen LogP contribution in [-0.2, 0) is 12.8 Å². The van der Waals surface area contributed by atoms with Crippen LogP contribution in [0.4, 0.5) is 5.00 Å². The van der Waals surface area contributed by atoms with Crippen molar-refractivity contribution in [3.63, 3.8) is 0 Å². The van der Waals surface area contributed by atoms with Gasteiger partial charge in [-0.25, -0.2) is 4.79 Å². The molecule has 4 heteroatoms. The SMILES string of the molecule is CC(C)(C)[C@@H]1CCc2c(sc(N)c2C(=O)O)C1.